The summed E-state index contributed by atoms with van der Waals surface area (Å²) in [6.45, 7) is 2.34. The van der Waals surface area contributed by atoms with Crippen LogP contribution in [0.4, 0.5) is 0 Å². The number of benzene rings is 1. The van der Waals surface area contributed by atoms with Crippen LogP contribution in [0.3, 0.4) is 0 Å². The number of halogens is 1. The molecule has 0 atom stereocenters. The number of aryl methyl sites for hydroxylation is 1. The highest BCUT2D eigenvalue weighted by molar-refractivity contribution is 9.10. The van der Waals surface area contributed by atoms with Crippen molar-refractivity contribution in [2.45, 2.75) is 13.5 Å². The predicted molar refractivity (Wildman–Crippen MR) is 78.5 cm³/mol. The summed E-state index contributed by atoms with van der Waals surface area (Å²) in [5, 5.41) is 7.48. The van der Waals surface area contributed by atoms with E-state index >= 15 is 0 Å². The summed E-state index contributed by atoms with van der Waals surface area (Å²) < 4.78 is 6.75. The van der Waals surface area contributed by atoms with E-state index in [1.807, 2.05) is 31.2 Å². The van der Waals surface area contributed by atoms with Crippen LogP contribution in [0.25, 0.3) is 0 Å². The van der Waals surface area contributed by atoms with E-state index in [0.717, 1.165) is 21.3 Å². The third-order valence-electron chi connectivity index (χ3n) is 2.67. The van der Waals surface area contributed by atoms with Crippen LogP contribution in [-0.4, -0.2) is 10.8 Å². The second-order valence-electron chi connectivity index (χ2n) is 4.12. The van der Waals surface area contributed by atoms with Gasteiger partial charge in [-0.2, -0.15) is 0 Å². The van der Waals surface area contributed by atoms with Gasteiger partial charge in [0.1, 0.15) is 23.9 Å². The number of nitrogens with one attached hydrogen (secondary N) is 1. The first-order chi connectivity index (χ1) is 9.08. The number of pyridine rings is 1. The number of hydrogen-bond acceptors (Lipinski definition) is 3. The van der Waals surface area contributed by atoms with Crippen LogP contribution in [0.5, 0.6) is 5.75 Å². The van der Waals surface area contributed by atoms with Crippen LogP contribution in [0.1, 0.15) is 16.8 Å². The highest BCUT2D eigenvalue weighted by Crippen LogP contribution is 2.22. The normalized spacial score (nSPS) is 10.2. The molecule has 3 N–H and O–H groups in total. The molecule has 2 rings (SSSR count). The van der Waals surface area contributed by atoms with Gasteiger partial charge >= 0.3 is 0 Å². The van der Waals surface area contributed by atoms with E-state index in [9.17, 15) is 0 Å². The van der Waals surface area contributed by atoms with Gasteiger partial charge in [-0.1, -0.05) is 22.0 Å². The van der Waals surface area contributed by atoms with E-state index in [0.29, 0.717) is 12.3 Å². The first-order valence-electron chi connectivity index (χ1n) is 5.75. The third-order valence-corrected chi connectivity index (χ3v) is 3.56. The van der Waals surface area contributed by atoms with Gasteiger partial charge < -0.3 is 10.5 Å². The molecule has 2 aromatic rings. The minimum absolute atomic E-state index is 0.0498. The number of nitrogens with zero attached hydrogens (tertiary/aromatic N) is 1. The predicted octanol–water partition coefficient (Wildman–Crippen LogP) is 3.02. The number of ether oxygens (including phenoxy) is 1. The zero-order chi connectivity index (χ0) is 13.8. The van der Waals surface area contributed by atoms with Crippen molar-refractivity contribution in [3.8, 4) is 5.75 Å². The van der Waals surface area contributed by atoms with Crippen LogP contribution < -0.4 is 10.5 Å². The first kappa shape index (κ1) is 13.5. The summed E-state index contributed by atoms with van der Waals surface area (Å²) in [6, 6.07) is 9.45. The number of aromatic nitrogens is 1. The summed E-state index contributed by atoms with van der Waals surface area (Å²) in [4.78, 5) is 4.09. The molecule has 0 radical (unpaired) electrons. The maximum atomic E-state index is 7.48. The Hall–Kier alpha value is -1.88. The average Bonchev–Trinajstić information content (AvgIpc) is 2.40. The minimum atomic E-state index is -0.0498. The molecule has 1 aromatic heterocycles. The molecule has 0 fully saturated rings. The van der Waals surface area contributed by atoms with Crippen molar-refractivity contribution in [1.82, 2.24) is 4.98 Å². The maximum Gasteiger partial charge on any atom is 0.142 e. The highest BCUT2D eigenvalue weighted by atomic mass is 79.9. The lowest BCUT2D eigenvalue weighted by molar-refractivity contribution is 0.305. The topological polar surface area (TPSA) is 72.0 Å². The second kappa shape index (κ2) is 5.84. The minimum Gasteiger partial charge on any atom is -0.489 e. The zero-order valence-corrected chi connectivity index (χ0v) is 12.1. The molecule has 0 saturated carbocycles. The van der Waals surface area contributed by atoms with Gasteiger partial charge in [0, 0.05) is 16.2 Å². The average molecular weight is 320 g/mol. The molecule has 0 amide bonds. The van der Waals surface area contributed by atoms with E-state index in [4.69, 9.17) is 15.9 Å². The fourth-order valence-electron chi connectivity index (χ4n) is 1.67. The molecule has 4 nitrogen and oxygen atoms in total. The van der Waals surface area contributed by atoms with Gasteiger partial charge in [-0.3, -0.25) is 10.4 Å². The quantitative estimate of drug-likeness (QED) is 0.672. The maximum absolute atomic E-state index is 7.48. The van der Waals surface area contributed by atoms with Crippen molar-refractivity contribution in [1.29, 1.82) is 5.41 Å². The molecule has 0 aliphatic rings. The Morgan fingerprint density at radius 1 is 1.42 bits per heavy atom. The van der Waals surface area contributed by atoms with Crippen molar-refractivity contribution in [3.63, 3.8) is 0 Å². The van der Waals surface area contributed by atoms with Gasteiger partial charge in [0.25, 0.3) is 0 Å². The lowest BCUT2D eigenvalue weighted by atomic mass is 10.2. The zero-order valence-electron chi connectivity index (χ0n) is 10.5. The van der Waals surface area contributed by atoms with Gasteiger partial charge in [-0.15, -0.1) is 0 Å². The summed E-state index contributed by atoms with van der Waals surface area (Å²) in [5.41, 5.74) is 7.86. The fourth-order valence-corrected chi connectivity index (χ4v) is 1.91. The van der Waals surface area contributed by atoms with Crippen molar-refractivity contribution < 1.29 is 4.74 Å². The molecule has 1 heterocycles. The largest absolute Gasteiger partial charge is 0.489 e. The van der Waals surface area contributed by atoms with Crippen molar-refractivity contribution in [2.75, 3.05) is 0 Å². The third kappa shape index (κ3) is 3.32. The summed E-state index contributed by atoms with van der Waals surface area (Å²) in [6.07, 6.45) is 1.62. The molecule has 0 aliphatic carbocycles. The van der Waals surface area contributed by atoms with Gasteiger partial charge in [0.2, 0.25) is 0 Å². The molecule has 0 aliphatic heterocycles. The van der Waals surface area contributed by atoms with Crippen molar-refractivity contribution in [3.05, 3.63) is 57.8 Å². The first-order valence-corrected chi connectivity index (χ1v) is 6.54. The number of amidine groups is 1. The summed E-state index contributed by atoms with van der Waals surface area (Å²) in [7, 11) is 0. The van der Waals surface area contributed by atoms with Crippen LogP contribution in [0.15, 0.2) is 41.0 Å². The Balaban J connectivity index is 2.14. The molecular weight excluding hydrogens is 306 g/mol. The van der Waals surface area contributed by atoms with E-state index in [2.05, 4.69) is 20.9 Å². The fraction of sp³-hybridized carbons (Fsp3) is 0.143. The Labute approximate surface area is 120 Å². The van der Waals surface area contributed by atoms with Crippen LogP contribution in [0, 0.1) is 12.3 Å². The van der Waals surface area contributed by atoms with Gasteiger partial charge in [0.05, 0.1) is 0 Å². The lowest BCUT2D eigenvalue weighted by Gasteiger charge is -2.10. The number of rotatable bonds is 4. The molecule has 0 unspecified atom stereocenters. The standard InChI is InChI=1S/C14H14BrN3O/c1-9-7-11(4-5-12(9)15)19-8-10-3-2-6-18-13(10)14(16)17/h2-7H,8H2,1H3,(H3,16,17). The molecule has 0 saturated heterocycles. The Kier molecular flexibility index (Phi) is 4.16. The van der Waals surface area contributed by atoms with E-state index in [-0.39, 0.29) is 5.84 Å². The molecule has 0 spiro atoms. The molecule has 0 bridgehead atoms. The molecule has 5 heteroatoms. The Morgan fingerprint density at radius 2 is 2.21 bits per heavy atom. The van der Waals surface area contributed by atoms with E-state index < -0.39 is 0 Å². The molecule has 1 aromatic carbocycles. The lowest BCUT2D eigenvalue weighted by Crippen LogP contribution is -2.16. The van der Waals surface area contributed by atoms with E-state index in [1.165, 1.54) is 0 Å². The smallest absolute Gasteiger partial charge is 0.142 e. The highest BCUT2D eigenvalue weighted by Gasteiger charge is 2.07. The molecular formula is C14H14BrN3O. The Morgan fingerprint density at radius 3 is 2.89 bits per heavy atom. The van der Waals surface area contributed by atoms with E-state index in [1.54, 1.807) is 12.3 Å². The number of hydrogen-bond donors (Lipinski definition) is 2. The van der Waals surface area contributed by atoms with Gasteiger partial charge in [-0.05, 0) is 36.8 Å². The summed E-state index contributed by atoms with van der Waals surface area (Å²) >= 11 is 3.45. The van der Waals surface area contributed by atoms with Crippen LogP contribution >= 0.6 is 15.9 Å². The Bertz CT molecular complexity index is 613. The molecule has 19 heavy (non-hydrogen) atoms. The van der Waals surface area contributed by atoms with Crippen molar-refractivity contribution in [2.24, 2.45) is 5.73 Å². The molecule has 98 valence electrons. The monoisotopic (exact) mass is 319 g/mol. The SMILES string of the molecule is Cc1cc(OCc2cccnc2C(=N)N)ccc1Br. The van der Waals surface area contributed by atoms with Crippen LogP contribution in [0.2, 0.25) is 0 Å². The van der Waals surface area contributed by atoms with Crippen molar-refractivity contribution >= 4 is 21.8 Å². The summed E-state index contributed by atoms with van der Waals surface area (Å²) in [5.74, 6) is 0.727. The van der Waals surface area contributed by atoms with Crippen LogP contribution in [-0.2, 0) is 6.61 Å². The number of nitrogen functional groups attached to an aromatic ring is 1. The van der Waals surface area contributed by atoms with Gasteiger partial charge in [0.15, 0.2) is 0 Å². The number of nitrogens with two attached hydrogens (primary N) is 1. The second-order valence-corrected chi connectivity index (χ2v) is 4.98. The van der Waals surface area contributed by atoms with Gasteiger partial charge in [-0.25, -0.2) is 0 Å².